The summed E-state index contributed by atoms with van der Waals surface area (Å²) in [4.78, 5) is 62.8. The zero-order valence-electron chi connectivity index (χ0n) is 19.2. The van der Waals surface area contributed by atoms with Gasteiger partial charge in [0.25, 0.3) is 0 Å². The van der Waals surface area contributed by atoms with Gasteiger partial charge in [-0.25, -0.2) is 9.69 Å². The average Bonchev–Trinajstić information content (AvgIpc) is 3.21. The molecule has 1 aromatic rings. The summed E-state index contributed by atoms with van der Waals surface area (Å²) in [5.41, 5.74) is 0.678. The highest BCUT2D eigenvalue weighted by Gasteiger charge is 2.44. The molecule has 0 aliphatic carbocycles. The number of carbonyl (C=O) groups excluding carboxylic acids is 5. The molecule has 10 nitrogen and oxygen atoms in total. The highest BCUT2D eigenvalue weighted by atomic mass is 16.6. The lowest BCUT2D eigenvalue weighted by molar-refractivity contribution is -0.158. The van der Waals surface area contributed by atoms with Crippen LogP contribution in [0, 0.1) is 5.92 Å². The Labute approximate surface area is 197 Å². The number of carbonyl (C=O) groups is 5. The molecule has 3 atom stereocenters. The van der Waals surface area contributed by atoms with Gasteiger partial charge in [-0.2, -0.15) is 0 Å². The Balaban J connectivity index is 2.10. The fourth-order valence-electron chi connectivity index (χ4n) is 3.39. The normalized spacial score (nSPS) is 17.3. The zero-order chi connectivity index (χ0) is 25.1. The fourth-order valence-corrected chi connectivity index (χ4v) is 3.39. The van der Waals surface area contributed by atoms with Crippen LogP contribution in [0.2, 0.25) is 0 Å². The highest BCUT2D eigenvalue weighted by Crippen LogP contribution is 2.30. The smallest absolute Gasteiger partial charge is 0.417 e. The number of nitrogens with zero attached hydrogens (tertiary/aromatic N) is 1. The quantitative estimate of drug-likeness (QED) is 0.257. The summed E-state index contributed by atoms with van der Waals surface area (Å²) < 4.78 is 15.2. The molecule has 1 aliphatic heterocycles. The first-order valence-corrected chi connectivity index (χ1v) is 10.9. The van der Waals surface area contributed by atoms with E-state index in [2.05, 4.69) is 0 Å². The Bertz CT molecular complexity index is 912. The van der Waals surface area contributed by atoms with Gasteiger partial charge in [0.2, 0.25) is 5.91 Å². The van der Waals surface area contributed by atoms with Gasteiger partial charge < -0.3 is 19.3 Å². The van der Waals surface area contributed by atoms with Gasteiger partial charge in [-0.05, 0) is 31.1 Å². The molecule has 0 unspecified atom stereocenters. The lowest BCUT2D eigenvalue weighted by Crippen LogP contribution is -2.45. The van der Waals surface area contributed by atoms with Crippen molar-refractivity contribution >= 4 is 29.5 Å². The van der Waals surface area contributed by atoms with Crippen LogP contribution in [0.1, 0.15) is 38.3 Å². The minimum absolute atomic E-state index is 0.0378. The van der Waals surface area contributed by atoms with E-state index in [0.717, 1.165) is 24.0 Å². The van der Waals surface area contributed by atoms with Crippen molar-refractivity contribution in [3.63, 3.8) is 0 Å². The fraction of sp³-hybridized carbons (Fsp3) is 0.458. The summed E-state index contributed by atoms with van der Waals surface area (Å²) in [6, 6.07) is 8.12. The van der Waals surface area contributed by atoms with Crippen LogP contribution in [0.3, 0.4) is 0 Å². The van der Waals surface area contributed by atoms with E-state index in [1.807, 2.05) is 0 Å². The number of benzene rings is 1. The van der Waals surface area contributed by atoms with Crippen molar-refractivity contribution in [2.75, 3.05) is 26.4 Å². The second-order valence-corrected chi connectivity index (χ2v) is 7.67. The number of aliphatic hydroxyl groups excluding tert-OH is 1. The topological polar surface area (TPSA) is 137 Å². The molecule has 2 amide bonds. The first kappa shape index (κ1) is 26.9. The number of hydrogen-bond acceptors (Lipinski definition) is 9. The van der Waals surface area contributed by atoms with Crippen molar-refractivity contribution in [1.82, 2.24) is 4.90 Å². The van der Waals surface area contributed by atoms with Crippen LogP contribution < -0.4 is 0 Å². The summed E-state index contributed by atoms with van der Waals surface area (Å²) in [7, 11) is 0. The van der Waals surface area contributed by atoms with E-state index in [1.165, 1.54) is 6.92 Å². The molecule has 34 heavy (non-hydrogen) atoms. The van der Waals surface area contributed by atoms with Gasteiger partial charge in [-0.1, -0.05) is 30.3 Å². The number of cyclic esters (lactones) is 1. The Morgan fingerprint density at radius 2 is 1.88 bits per heavy atom. The van der Waals surface area contributed by atoms with Crippen molar-refractivity contribution in [3.8, 4) is 0 Å². The predicted octanol–water partition coefficient (Wildman–Crippen LogP) is 1.76. The molecule has 0 bridgehead atoms. The van der Waals surface area contributed by atoms with E-state index >= 15 is 0 Å². The molecule has 1 fully saturated rings. The highest BCUT2D eigenvalue weighted by molar-refractivity contribution is 6.04. The molecule has 0 spiro atoms. The third kappa shape index (κ3) is 7.60. The second kappa shape index (κ2) is 13.4. The molecule has 2 rings (SSSR count). The number of allylic oxidation sites excluding steroid dienone is 1. The van der Waals surface area contributed by atoms with E-state index in [4.69, 9.17) is 19.3 Å². The molecule has 1 heterocycles. The number of ether oxygens (including phenoxy) is 3. The number of rotatable bonds is 13. The third-order valence-electron chi connectivity index (χ3n) is 5.09. The number of ketones is 2. The second-order valence-electron chi connectivity index (χ2n) is 7.67. The summed E-state index contributed by atoms with van der Waals surface area (Å²) in [6.45, 7) is 2.77. The SMILES string of the molecule is CC(=O)O[C@H](C(=O)C=CC(=O)CCCOCCO)[C@H](C)C(=O)N1C(=O)OC[C@@H]1c1ccccc1. The van der Waals surface area contributed by atoms with E-state index < -0.39 is 41.8 Å². The van der Waals surface area contributed by atoms with Crippen LogP contribution >= 0.6 is 0 Å². The maximum atomic E-state index is 13.2. The van der Waals surface area contributed by atoms with Crippen LogP contribution in [-0.4, -0.2) is 72.1 Å². The van der Waals surface area contributed by atoms with Crippen molar-refractivity contribution in [1.29, 1.82) is 0 Å². The molecule has 0 radical (unpaired) electrons. The molecule has 184 valence electrons. The van der Waals surface area contributed by atoms with Gasteiger partial charge in [-0.15, -0.1) is 0 Å². The first-order valence-electron chi connectivity index (χ1n) is 10.9. The molecule has 0 saturated carbocycles. The minimum atomic E-state index is -1.52. The molecule has 1 aromatic carbocycles. The summed E-state index contributed by atoms with van der Waals surface area (Å²) in [5, 5.41) is 8.65. The van der Waals surface area contributed by atoms with Crippen LogP contribution in [0.5, 0.6) is 0 Å². The van der Waals surface area contributed by atoms with E-state index in [-0.39, 0.29) is 38.6 Å². The van der Waals surface area contributed by atoms with Crippen LogP contribution in [0.25, 0.3) is 0 Å². The third-order valence-corrected chi connectivity index (χ3v) is 5.09. The van der Waals surface area contributed by atoms with Crippen molar-refractivity contribution in [3.05, 3.63) is 48.0 Å². The molecule has 10 heteroatoms. The van der Waals surface area contributed by atoms with Gasteiger partial charge >= 0.3 is 12.1 Å². The first-order chi connectivity index (χ1) is 16.3. The van der Waals surface area contributed by atoms with Crippen molar-refractivity contribution in [2.24, 2.45) is 5.92 Å². The molecule has 0 aromatic heterocycles. The van der Waals surface area contributed by atoms with E-state index in [1.54, 1.807) is 30.3 Å². The van der Waals surface area contributed by atoms with Crippen molar-refractivity contribution < 1.29 is 43.3 Å². The minimum Gasteiger partial charge on any atom is -0.453 e. The average molecular weight is 475 g/mol. The van der Waals surface area contributed by atoms with Gasteiger partial charge in [0, 0.05) is 20.0 Å². The molecule has 1 N–H and O–H groups in total. The van der Waals surface area contributed by atoms with Crippen LogP contribution in [0.4, 0.5) is 4.79 Å². The monoisotopic (exact) mass is 475 g/mol. The van der Waals surface area contributed by atoms with Gasteiger partial charge in [-0.3, -0.25) is 19.2 Å². The standard InChI is InChI=1S/C24H29NO9/c1-16(23(30)25-20(15-33-24(25)31)18-7-4-3-5-8-18)22(34-17(2)27)21(29)11-10-19(28)9-6-13-32-14-12-26/h3-5,7-8,10-11,16,20,22,26H,6,9,12-15H2,1-2H3/t16-,20+,22-/m0/s1. The Hall–Kier alpha value is -3.37. The lowest BCUT2D eigenvalue weighted by Gasteiger charge is -2.26. The number of imide groups is 1. The van der Waals surface area contributed by atoms with Crippen molar-refractivity contribution in [2.45, 2.75) is 38.8 Å². The maximum absolute atomic E-state index is 13.2. The summed E-state index contributed by atoms with van der Waals surface area (Å²) in [6.07, 6.45) is 0.155. The molecule has 1 saturated heterocycles. The number of esters is 1. The number of amides is 2. The van der Waals surface area contributed by atoms with E-state index in [0.29, 0.717) is 12.0 Å². The molecular weight excluding hydrogens is 446 g/mol. The van der Waals surface area contributed by atoms with Crippen LogP contribution in [0.15, 0.2) is 42.5 Å². The Morgan fingerprint density at radius 3 is 2.53 bits per heavy atom. The lowest BCUT2D eigenvalue weighted by atomic mass is 9.97. The zero-order valence-corrected chi connectivity index (χ0v) is 19.2. The Morgan fingerprint density at radius 1 is 1.18 bits per heavy atom. The molecule has 1 aliphatic rings. The summed E-state index contributed by atoms with van der Waals surface area (Å²) >= 11 is 0. The summed E-state index contributed by atoms with van der Waals surface area (Å²) in [5.74, 6) is -3.85. The molecular formula is C24H29NO9. The van der Waals surface area contributed by atoms with Crippen LogP contribution in [-0.2, 0) is 33.4 Å². The predicted molar refractivity (Wildman–Crippen MR) is 118 cm³/mol. The number of hydrogen-bond donors (Lipinski definition) is 1. The van der Waals surface area contributed by atoms with Gasteiger partial charge in [0.05, 0.1) is 19.1 Å². The van der Waals surface area contributed by atoms with Gasteiger partial charge in [0.15, 0.2) is 17.7 Å². The van der Waals surface area contributed by atoms with Gasteiger partial charge in [0.1, 0.15) is 12.6 Å². The Kier molecular flexibility index (Phi) is 10.6. The van der Waals surface area contributed by atoms with E-state index in [9.17, 15) is 24.0 Å². The maximum Gasteiger partial charge on any atom is 0.417 e. The number of aliphatic hydroxyl groups is 1. The largest absolute Gasteiger partial charge is 0.453 e.